The second-order valence-corrected chi connectivity index (χ2v) is 3.62. The third-order valence-corrected chi connectivity index (χ3v) is 2.20. The summed E-state index contributed by atoms with van der Waals surface area (Å²) in [6.07, 6.45) is 1.66. The van der Waals surface area contributed by atoms with Crippen molar-refractivity contribution in [2.75, 3.05) is 11.1 Å². The van der Waals surface area contributed by atoms with E-state index in [1.807, 2.05) is 12.1 Å². The normalized spacial score (nSPS) is 10.1. The molecule has 1 heterocycles. The van der Waals surface area contributed by atoms with Crippen molar-refractivity contribution in [2.45, 2.75) is 13.5 Å². The van der Waals surface area contributed by atoms with Gasteiger partial charge in [-0.2, -0.15) is 0 Å². The van der Waals surface area contributed by atoms with Crippen LogP contribution >= 0.6 is 0 Å². The highest BCUT2D eigenvalue weighted by atomic mass is 15.0. The minimum absolute atomic E-state index is 0.496. The number of aryl methyl sites for hydroxylation is 1. The summed E-state index contributed by atoms with van der Waals surface area (Å²) in [7, 11) is 0. The summed E-state index contributed by atoms with van der Waals surface area (Å²) in [5.74, 6) is 1.19. The van der Waals surface area contributed by atoms with Crippen LogP contribution < -0.4 is 11.1 Å². The minimum atomic E-state index is 0.496. The fourth-order valence-corrected chi connectivity index (χ4v) is 1.44. The first-order valence-corrected chi connectivity index (χ1v) is 5.12. The van der Waals surface area contributed by atoms with Gasteiger partial charge in [-0.3, -0.25) is 0 Å². The van der Waals surface area contributed by atoms with Crippen LogP contribution in [0.4, 0.5) is 11.5 Å². The van der Waals surface area contributed by atoms with Gasteiger partial charge in [0.2, 0.25) is 0 Å². The summed E-state index contributed by atoms with van der Waals surface area (Å²) in [6.45, 7) is 2.64. The van der Waals surface area contributed by atoms with Crippen molar-refractivity contribution in [1.82, 2.24) is 9.97 Å². The number of nitrogens with two attached hydrogens (primary N) is 1. The van der Waals surface area contributed by atoms with Gasteiger partial charge in [-0.1, -0.05) is 12.1 Å². The second-order valence-electron chi connectivity index (χ2n) is 3.62. The zero-order valence-corrected chi connectivity index (χ0v) is 9.14. The fraction of sp³-hybridized carbons (Fsp3) is 0.167. The zero-order chi connectivity index (χ0) is 11.4. The molecule has 0 unspecified atom stereocenters. The molecule has 4 nitrogen and oxygen atoms in total. The second kappa shape index (κ2) is 4.61. The number of aromatic nitrogens is 2. The van der Waals surface area contributed by atoms with E-state index in [9.17, 15) is 0 Å². The maximum atomic E-state index is 5.57. The largest absolute Gasteiger partial charge is 0.384 e. The molecule has 1 aromatic heterocycles. The first kappa shape index (κ1) is 10.4. The average Bonchev–Trinajstić information content (AvgIpc) is 2.27. The molecule has 4 heteroatoms. The number of nitrogens with zero attached hydrogens (tertiary/aromatic N) is 2. The monoisotopic (exact) mass is 214 g/mol. The van der Waals surface area contributed by atoms with Gasteiger partial charge in [0, 0.05) is 11.9 Å². The Hall–Kier alpha value is -2.10. The van der Waals surface area contributed by atoms with E-state index >= 15 is 0 Å². The Morgan fingerprint density at radius 3 is 2.94 bits per heavy atom. The number of hydrogen-bond acceptors (Lipinski definition) is 4. The minimum Gasteiger partial charge on any atom is -0.384 e. The van der Waals surface area contributed by atoms with E-state index in [1.54, 1.807) is 12.3 Å². The lowest BCUT2D eigenvalue weighted by atomic mass is 10.2. The van der Waals surface area contributed by atoms with E-state index < -0.39 is 0 Å². The maximum absolute atomic E-state index is 5.57. The molecule has 0 spiro atoms. The highest BCUT2D eigenvalue weighted by Crippen LogP contribution is 2.10. The lowest BCUT2D eigenvalue weighted by Gasteiger charge is -2.06. The summed E-state index contributed by atoms with van der Waals surface area (Å²) in [5, 5.41) is 3.25. The molecule has 0 saturated carbocycles. The molecule has 0 radical (unpaired) electrons. The van der Waals surface area contributed by atoms with E-state index in [1.165, 1.54) is 5.56 Å². The smallest absolute Gasteiger partial charge is 0.149 e. The van der Waals surface area contributed by atoms with Gasteiger partial charge in [-0.15, -0.1) is 0 Å². The number of nitrogen functional groups attached to an aromatic ring is 1. The van der Waals surface area contributed by atoms with Crippen molar-refractivity contribution < 1.29 is 0 Å². The number of benzene rings is 1. The van der Waals surface area contributed by atoms with Gasteiger partial charge in [0.1, 0.15) is 11.6 Å². The standard InChI is InChI=1S/C12H14N4/c1-9-3-2-4-10(7-9)15-8-12-14-6-5-11(13)16-12/h2-7,15H,8H2,1H3,(H2,13,14,16). The van der Waals surface area contributed by atoms with E-state index in [-0.39, 0.29) is 0 Å². The number of hydrogen-bond donors (Lipinski definition) is 2. The lowest BCUT2D eigenvalue weighted by Crippen LogP contribution is -2.05. The van der Waals surface area contributed by atoms with Crippen LogP contribution in [0.2, 0.25) is 0 Å². The molecule has 2 rings (SSSR count). The molecule has 0 aliphatic heterocycles. The van der Waals surface area contributed by atoms with E-state index in [2.05, 4.69) is 34.3 Å². The molecule has 82 valence electrons. The number of anilines is 2. The summed E-state index contributed by atoms with van der Waals surface area (Å²) < 4.78 is 0. The SMILES string of the molecule is Cc1cccc(NCc2nccc(N)n2)c1. The van der Waals surface area contributed by atoms with Crippen LogP contribution in [0.25, 0.3) is 0 Å². The summed E-state index contributed by atoms with van der Waals surface area (Å²) in [4.78, 5) is 8.24. The van der Waals surface area contributed by atoms with Crippen LogP contribution in [0.15, 0.2) is 36.5 Å². The van der Waals surface area contributed by atoms with E-state index in [0.29, 0.717) is 18.2 Å². The highest BCUT2D eigenvalue weighted by molar-refractivity contribution is 5.45. The Morgan fingerprint density at radius 2 is 2.19 bits per heavy atom. The van der Waals surface area contributed by atoms with Gasteiger partial charge >= 0.3 is 0 Å². The van der Waals surface area contributed by atoms with Crippen molar-refractivity contribution in [3.05, 3.63) is 47.9 Å². The topological polar surface area (TPSA) is 63.8 Å². The van der Waals surface area contributed by atoms with Crippen molar-refractivity contribution >= 4 is 11.5 Å². The maximum Gasteiger partial charge on any atom is 0.149 e. The Kier molecular flexibility index (Phi) is 3.00. The molecule has 0 amide bonds. The lowest BCUT2D eigenvalue weighted by molar-refractivity contribution is 0.954. The molecule has 0 saturated heterocycles. The molecule has 0 aliphatic carbocycles. The van der Waals surface area contributed by atoms with Crippen molar-refractivity contribution in [2.24, 2.45) is 0 Å². The molecule has 0 bridgehead atoms. The first-order valence-electron chi connectivity index (χ1n) is 5.12. The fourth-order valence-electron chi connectivity index (χ4n) is 1.44. The van der Waals surface area contributed by atoms with Crippen LogP contribution in [0.3, 0.4) is 0 Å². The van der Waals surface area contributed by atoms with Crippen LogP contribution in [0, 0.1) is 6.92 Å². The summed E-state index contributed by atoms with van der Waals surface area (Å²) >= 11 is 0. The van der Waals surface area contributed by atoms with Gasteiger partial charge in [0.15, 0.2) is 0 Å². The highest BCUT2D eigenvalue weighted by Gasteiger charge is 1.97. The van der Waals surface area contributed by atoms with Crippen LogP contribution in [0.5, 0.6) is 0 Å². The Balaban J connectivity index is 2.02. The molecular weight excluding hydrogens is 200 g/mol. The predicted molar refractivity (Wildman–Crippen MR) is 65.0 cm³/mol. The van der Waals surface area contributed by atoms with Gasteiger partial charge in [0.25, 0.3) is 0 Å². The van der Waals surface area contributed by atoms with Gasteiger partial charge in [-0.05, 0) is 30.7 Å². The quantitative estimate of drug-likeness (QED) is 0.820. The molecule has 0 aliphatic rings. The molecular formula is C12H14N4. The first-order chi connectivity index (χ1) is 7.74. The number of nitrogens with one attached hydrogen (secondary N) is 1. The number of rotatable bonds is 3. The third-order valence-electron chi connectivity index (χ3n) is 2.20. The average molecular weight is 214 g/mol. The predicted octanol–water partition coefficient (Wildman–Crippen LogP) is 1.98. The third kappa shape index (κ3) is 2.70. The molecule has 1 aromatic carbocycles. The Morgan fingerprint density at radius 1 is 1.31 bits per heavy atom. The van der Waals surface area contributed by atoms with Crippen LogP contribution in [-0.4, -0.2) is 9.97 Å². The van der Waals surface area contributed by atoms with Crippen LogP contribution in [-0.2, 0) is 6.54 Å². The van der Waals surface area contributed by atoms with Gasteiger partial charge in [0.05, 0.1) is 6.54 Å². The zero-order valence-electron chi connectivity index (χ0n) is 9.14. The molecule has 0 atom stereocenters. The Labute approximate surface area is 94.5 Å². The van der Waals surface area contributed by atoms with E-state index in [0.717, 1.165) is 5.69 Å². The molecule has 2 aromatic rings. The summed E-state index contributed by atoms with van der Waals surface area (Å²) in [6, 6.07) is 9.84. The molecule has 0 fully saturated rings. The van der Waals surface area contributed by atoms with Gasteiger partial charge < -0.3 is 11.1 Å². The van der Waals surface area contributed by atoms with Crippen molar-refractivity contribution in [3.63, 3.8) is 0 Å². The molecule has 16 heavy (non-hydrogen) atoms. The Bertz CT molecular complexity index is 436. The van der Waals surface area contributed by atoms with Gasteiger partial charge in [-0.25, -0.2) is 9.97 Å². The summed E-state index contributed by atoms with van der Waals surface area (Å²) in [5.41, 5.74) is 7.85. The van der Waals surface area contributed by atoms with Crippen molar-refractivity contribution in [3.8, 4) is 0 Å². The van der Waals surface area contributed by atoms with Crippen molar-refractivity contribution in [1.29, 1.82) is 0 Å². The van der Waals surface area contributed by atoms with Crippen LogP contribution in [0.1, 0.15) is 11.4 Å². The molecule has 3 N–H and O–H groups in total. The van der Waals surface area contributed by atoms with E-state index in [4.69, 9.17) is 5.73 Å².